The van der Waals surface area contributed by atoms with Gasteiger partial charge in [-0.25, -0.2) is 0 Å². The van der Waals surface area contributed by atoms with Gasteiger partial charge >= 0.3 is 0 Å². The van der Waals surface area contributed by atoms with E-state index in [1.807, 2.05) is 11.3 Å². The number of rotatable bonds is 5. The van der Waals surface area contributed by atoms with E-state index in [-0.39, 0.29) is 0 Å². The van der Waals surface area contributed by atoms with Crippen molar-refractivity contribution in [1.29, 1.82) is 0 Å². The number of thiophene rings is 1. The van der Waals surface area contributed by atoms with Crippen LogP contribution in [-0.4, -0.2) is 13.1 Å². The third kappa shape index (κ3) is 2.86. The second kappa shape index (κ2) is 5.83. The predicted molar refractivity (Wildman–Crippen MR) is 72.2 cm³/mol. The fourth-order valence-electron chi connectivity index (χ4n) is 2.80. The van der Waals surface area contributed by atoms with Crippen LogP contribution in [0.1, 0.15) is 42.4 Å². The number of likely N-dealkylation sites (N-methyl/N-ethyl adjacent to an activating group) is 1. The molecule has 2 rings (SSSR count). The molecule has 90 valence electrons. The summed E-state index contributed by atoms with van der Waals surface area (Å²) < 4.78 is 0. The maximum Gasteiger partial charge on any atom is 0.0141 e. The first-order valence-electron chi connectivity index (χ1n) is 6.58. The lowest BCUT2D eigenvalue weighted by Gasteiger charge is -2.22. The van der Waals surface area contributed by atoms with E-state index >= 15 is 0 Å². The van der Waals surface area contributed by atoms with E-state index in [0.717, 1.165) is 5.92 Å². The molecule has 1 aromatic heterocycles. The van der Waals surface area contributed by atoms with E-state index in [4.69, 9.17) is 0 Å². The van der Waals surface area contributed by atoms with E-state index in [9.17, 15) is 0 Å². The summed E-state index contributed by atoms with van der Waals surface area (Å²) in [5.41, 5.74) is 0. The van der Waals surface area contributed by atoms with Gasteiger partial charge in [-0.2, -0.15) is 0 Å². The summed E-state index contributed by atoms with van der Waals surface area (Å²) in [6.07, 6.45) is 8.14. The van der Waals surface area contributed by atoms with Crippen LogP contribution in [0.3, 0.4) is 0 Å². The lowest BCUT2D eigenvalue weighted by atomic mass is 9.95. The Morgan fingerprint density at radius 2 is 2.00 bits per heavy atom. The van der Waals surface area contributed by atoms with Crippen molar-refractivity contribution in [3.05, 3.63) is 21.9 Å². The SMILES string of the molecule is CCc1ccc(CC(NC)C2CCCC2)s1. The molecule has 0 aromatic carbocycles. The van der Waals surface area contributed by atoms with Gasteiger partial charge in [-0.1, -0.05) is 19.8 Å². The Balaban J connectivity index is 1.94. The van der Waals surface area contributed by atoms with Crippen molar-refractivity contribution < 1.29 is 0 Å². The zero-order valence-electron chi connectivity index (χ0n) is 10.5. The van der Waals surface area contributed by atoms with Crippen molar-refractivity contribution in [3.63, 3.8) is 0 Å². The minimum absolute atomic E-state index is 0.700. The van der Waals surface area contributed by atoms with Crippen LogP contribution < -0.4 is 5.32 Å². The minimum Gasteiger partial charge on any atom is -0.316 e. The summed E-state index contributed by atoms with van der Waals surface area (Å²) in [6.45, 7) is 2.24. The van der Waals surface area contributed by atoms with Gasteiger partial charge in [-0.3, -0.25) is 0 Å². The summed E-state index contributed by atoms with van der Waals surface area (Å²) >= 11 is 2.00. The van der Waals surface area contributed by atoms with Crippen LogP contribution in [-0.2, 0) is 12.8 Å². The minimum atomic E-state index is 0.700. The molecule has 1 nitrogen and oxygen atoms in total. The zero-order chi connectivity index (χ0) is 11.4. The van der Waals surface area contributed by atoms with Crippen molar-refractivity contribution in [2.24, 2.45) is 5.92 Å². The summed E-state index contributed by atoms with van der Waals surface area (Å²) in [5.74, 6) is 0.914. The zero-order valence-corrected chi connectivity index (χ0v) is 11.3. The highest BCUT2D eigenvalue weighted by molar-refractivity contribution is 7.11. The molecule has 0 spiro atoms. The highest BCUT2D eigenvalue weighted by atomic mass is 32.1. The van der Waals surface area contributed by atoms with Gasteiger partial charge in [0.2, 0.25) is 0 Å². The molecule has 2 heteroatoms. The average Bonchev–Trinajstić information content (AvgIpc) is 2.96. The van der Waals surface area contributed by atoms with Crippen LogP contribution in [0.25, 0.3) is 0 Å². The molecule has 0 aliphatic heterocycles. The van der Waals surface area contributed by atoms with Crippen molar-refractivity contribution >= 4 is 11.3 Å². The summed E-state index contributed by atoms with van der Waals surface area (Å²) in [6, 6.07) is 5.32. The molecule has 0 radical (unpaired) electrons. The highest BCUT2D eigenvalue weighted by Crippen LogP contribution is 2.30. The Hall–Kier alpha value is -0.340. The van der Waals surface area contributed by atoms with E-state index in [1.54, 1.807) is 4.88 Å². The normalized spacial score (nSPS) is 19.1. The molecule has 0 amide bonds. The van der Waals surface area contributed by atoms with E-state index in [1.165, 1.54) is 43.4 Å². The predicted octanol–water partition coefficient (Wildman–Crippen LogP) is 3.63. The Morgan fingerprint density at radius 1 is 1.31 bits per heavy atom. The smallest absolute Gasteiger partial charge is 0.0141 e. The standard InChI is InChI=1S/C14H23NS/c1-3-12-8-9-13(16-12)10-14(15-2)11-6-4-5-7-11/h8-9,11,14-15H,3-7,10H2,1-2H3. The Labute approximate surface area is 103 Å². The first kappa shape index (κ1) is 12.1. The fourth-order valence-corrected chi connectivity index (χ4v) is 3.82. The molecule has 1 atom stereocenters. The van der Waals surface area contributed by atoms with Crippen LogP contribution in [0.4, 0.5) is 0 Å². The molecule has 1 aromatic rings. The Bertz CT molecular complexity index is 312. The summed E-state index contributed by atoms with van der Waals surface area (Å²) in [7, 11) is 2.12. The summed E-state index contributed by atoms with van der Waals surface area (Å²) in [4.78, 5) is 3.08. The molecular weight excluding hydrogens is 214 g/mol. The van der Waals surface area contributed by atoms with Crippen LogP contribution in [0.2, 0.25) is 0 Å². The molecule has 0 bridgehead atoms. The van der Waals surface area contributed by atoms with Crippen LogP contribution in [0.15, 0.2) is 12.1 Å². The molecule has 1 aliphatic carbocycles. The maximum absolute atomic E-state index is 3.53. The fraction of sp³-hybridized carbons (Fsp3) is 0.714. The second-order valence-electron chi connectivity index (χ2n) is 4.87. The van der Waals surface area contributed by atoms with Gasteiger partial charge in [-0.15, -0.1) is 11.3 Å². The molecular formula is C14H23NS. The van der Waals surface area contributed by atoms with Gasteiger partial charge in [0.05, 0.1) is 0 Å². The number of aryl methyl sites for hydroxylation is 1. The van der Waals surface area contributed by atoms with Crippen LogP contribution in [0, 0.1) is 5.92 Å². The molecule has 1 N–H and O–H groups in total. The molecule has 1 fully saturated rings. The third-order valence-corrected chi connectivity index (χ3v) is 5.08. The van der Waals surface area contributed by atoms with Gasteiger partial charge < -0.3 is 5.32 Å². The average molecular weight is 237 g/mol. The first-order valence-corrected chi connectivity index (χ1v) is 7.40. The lowest BCUT2D eigenvalue weighted by Crippen LogP contribution is -2.34. The lowest BCUT2D eigenvalue weighted by molar-refractivity contribution is 0.379. The van der Waals surface area contributed by atoms with Gasteiger partial charge in [0.25, 0.3) is 0 Å². The quantitative estimate of drug-likeness (QED) is 0.824. The summed E-state index contributed by atoms with van der Waals surface area (Å²) in [5, 5.41) is 3.53. The first-order chi connectivity index (χ1) is 7.83. The maximum atomic E-state index is 3.53. The van der Waals surface area contributed by atoms with Crippen molar-refractivity contribution in [2.75, 3.05) is 7.05 Å². The molecule has 1 aliphatic rings. The van der Waals surface area contributed by atoms with Crippen molar-refractivity contribution in [3.8, 4) is 0 Å². The van der Waals surface area contributed by atoms with Gasteiger partial charge in [0.15, 0.2) is 0 Å². The van der Waals surface area contributed by atoms with Gasteiger partial charge in [0, 0.05) is 15.8 Å². The Morgan fingerprint density at radius 3 is 2.56 bits per heavy atom. The highest BCUT2D eigenvalue weighted by Gasteiger charge is 2.24. The number of hydrogen-bond acceptors (Lipinski definition) is 2. The van der Waals surface area contributed by atoms with Crippen molar-refractivity contribution in [2.45, 2.75) is 51.5 Å². The molecule has 0 saturated heterocycles. The van der Waals surface area contributed by atoms with E-state index in [2.05, 4.69) is 31.4 Å². The Kier molecular flexibility index (Phi) is 4.42. The van der Waals surface area contributed by atoms with Crippen LogP contribution >= 0.6 is 11.3 Å². The largest absolute Gasteiger partial charge is 0.316 e. The number of hydrogen-bond donors (Lipinski definition) is 1. The molecule has 1 saturated carbocycles. The molecule has 1 heterocycles. The topological polar surface area (TPSA) is 12.0 Å². The molecule has 1 unspecified atom stereocenters. The monoisotopic (exact) mass is 237 g/mol. The van der Waals surface area contributed by atoms with E-state index < -0.39 is 0 Å². The van der Waals surface area contributed by atoms with Crippen LogP contribution in [0.5, 0.6) is 0 Å². The number of nitrogens with one attached hydrogen (secondary N) is 1. The van der Waals surface area contributed by atoms with Crippen molar-refractivity contribution in [1.82, 2.24) is 5.32 Å². The van der Waals surface area contributed by atoms with Gasteiger partial charge in [-0.05, 0) is 50.8 Å². The second-order valence-corrected chi connectivity index (χ2v) is 6.12. The third-order valence-electron chi connectivity index (χ3n) is 3.83. The van der Waals surface area contributed by atoms with Gasteiger partial charge in [0.1, 0.15) is 0 Å². The van der Waals surface area contributed by atoms with E-state index in [0.29, 0.717) is 6.04 Å². The molecule has 16 heavy (non-hydrogen) atoms.